The van der Waals surface area contributed by atoms with E-state index in [0.29, 0.717) is 18.2 Å². The fourth-order valence-electron chi connectivity index (χ4n) is 3.59. The number of nitrogens with one attached hydrogen (secondary N) is 1. The van der Waals surface area contributed by atoms with Gasteiger partial charge in [-0.3, -0.25) is 0 Å². The zero-order valence-electron chi connectivity index (χ0n) is 15.6. The van der Waals surface area contributed by atoms with E-state index in [1.807, 2.05) is 66.4 Å². The number of amides is 2. The summed E-state index contributed by atoms with van der Waals surface area (Å²) in [5, 5.41) is 3.69. The van der Waals surface area contributed by atoms with Gasteiger partial charge in [0.05, 0.1) is 12.6 Å². The molecule has 0 unspecified atom stereocenters. The van der Waals surface area contributed by atoms with E-state index >= 15 is 0 Å². The van der Waals surface area contributed by atoms with Crippen LogP contribution in [-0.2, 0) is 6.54 Å². The number of halogens is 1. The first-order chi connectivity index (χ1) is 13.7. The van der Waals surface area contributed by atoms with Gasteiger partial charge in [-0.25, -0.2) is 4.79 Å². The minimum Gasteiger partial charge on any atom is -0.494 e. The highest BCUT2D eigenvalue weighted by Crippen LogP contribution is 2.33. The molecule has 0 bridgehead atoms. The summed E-state index contributed by atoms with van der Waals surface area (Å²) in [4.78, 5) is 15.0. The second kappa shape index (κ2) is 7.98. The number of carbonyl (C=O) groups excluding carboxylic acids is 1. The van der Waals surface area contributed by atoms with Gasteiger partial charge in [0.1, 0.15) is 5.75 Å². The quantitative estimate of drug-likeness (QED) is 0.661. The van der Waals surface area contributed by atoms with Crippen LogP contribution in [0, 0.1) is 0 Å². The van der Waals surface area contributed by atoms with Crippen LogP contribution in [0.4, 0.5) is 10.5 Å². The summed E-state index contributed by atoms with van der Waals surface area (Å²) >= 11 is 6.06. The van der Waals surface area contributed by atoms with E-state index in [2.05, 4.69) is 22.1 Å². The Bertz CT molecular complexity index is 951. The van der Waals surface area contributed by atoms with Crippen molar-refractivity contribution in [3.8, 4) is 5.75 Å². The number of urea groups is 1. The standard InChI is InChI=1S/C22H22ClN3O2/c1-2-28-19-11-9-18(10-12-19)24-22(27)26-15-14-25-13-3-4-20(25)21(26)16-5-7-17(23)8-6-16/h3-13,21H,2,14-15H2,1H3,(H,24,27)/t21-/m1/s1. The van der Waals surface area contributed by atoms with Crippen LogP contribution in [0.1, 0.15) is 24.2 Å². The molecule has 28 heavy (non-hydrogen) atoms. The molecule has 0 spiro atoms. The molecular weight excluding hydrogens is 374 g/mol. The fourth-order valence-corrected chi connectivity index (χ4v) is 3.72. The highest BCUT2D eigenvalue weighted by Gasteiger charge is 2.32. The molecule has 1 atom stereocenters. The molecule has 2 amide bonds. The minimum absolute atomic E-state index is 0.128. The molecular formula is C22H22ClN3O2. The first-order valence-corrected chi connectivity index (χ1v) is 9.74. The van der Waals surface area contributed by atoms with Crippen LogP contribution in [0.5, 0.6) is 5.75 Å². The molecule has 0 radical (unpaired) electrons. The van der Waals surface area contributed by atoms with Gasteiger partial charge in [-0.2, -0.15) is 0 Å². The molecule has 1 aliphatic rings. The number of fused-ring (bicyclic) bond motifs is 1. The maximum absolute atomic E-state index is 13.1. The van der Waals surface area contributed by atoms with E-state index in [-0.39, 0.29) is 12.1 Å². The first-order valence-electron chi connectivity index (χ1n) is 9.36. The van der Waals surface area contributed by atoms with Gasteiger partial charge >= 0.3 is 6.03 Å². The van der Waals surface area contributed by atoms with E-state index in [1.165, 1.54) is 0 Å². The maximum Gasteiger partial charge on any atom is 0.322 e. The number of ether oxygens (including phenoxy) is 1. The van der Waals surface area contributed by atoms with Gasteiger partial charge in [0.25, 0.3) is 0 Å². The minimum atomic E-state index is -0.163. The fraction of sp³-hybridized carbons (Fsp3) is 0.227. The molecule has 0 saturated carbocycles. The van der Waals surface area contributed by atoms with Crippen molar-refractivity contribution >= 4 is 23.3 Å². The largest absolute Gasteiger partial charge is 0.494 e. The Morgan fingerprint density at radius 3 is 2.57 bits per heavy atom. The van der Waals surface area contributed by atoms with Crippen LogP contribution in [0.15, 0.2) is 66.9 Å². The Kier molecular flexibility index (Phi) is 5.26. The molecule has 0 saturated heterocycles. The summed E-state index contributed by atoms with van der Waals surface area (Å²) in [7, 11) is 0. The second-order valence-corrected chi connectivity index (χ2v) is 7.10. The summed E-state index contributed by atoms with van der Waals surface area (Å²) in [5.41, 5.74) is 2.87. The van der Waals surface area contributed by atoms with Crippen molar-refractivity contribution < 1.29 is 9.53 Å². The predicted octanol–water partition coefficient (Wildman–Crippen LogP) is 5.18. The molecule has 1 aromatic heterocycles. The lowest BCUT2D eigenvalue weighted by molar-refractivity contribution is 0.182. The van der Waals surface area contributed by atoms with Crippen molar-refractivity contribution in [2.24, 2.45) is 0 Å². The number of anilines is 1. The van der Waals surface area contributed by atoms with Gasteiger partial charge in [-0.1, -0.05) is 23.7 Å². The lowest BCUT2D eigenvalue weighted by Crippen LogP contribution is -2.44. The van der Waals surface area contributed by atoms with E-state index in [4.69, 9.17) is 16.3 Å². The van der Waals surface area contributed by atoms with Gasteiger partial charge < -0.3 is 19.5 Å². The zero-order valence-corrected chi connectivity index (χ0v) is 16.4. The third-order valence-corrected chi connectivity index (χ3v) is 5.15. The number of aromatic nitrogens is 1. The summed E-state index contributed by atoms with van der Waals surface area (Å²) in [6, 6.07) is 18.9. The molecule has 1 aliphatic heterocycles. The molecule has 6 heteroatoms. The lowest BCUT2D eigenvalue weighted by Gasteiger charge is -2.37. The average Bonchev–Trinajstić information content (AvgIpc) is 3.18. The number of rotatable bonds is 4. The van der Waals surface area contributed by atoms with Crippen molar-refractivity contribution in [1.29, 1.82) is 0 Å². The third kappa shape index (κ3) is 3.71. The van der Waals surface area contributed by atoms with Crippen LogP contribution >= 0.6 is 11.6 Å². The van der Waals surface area contributed by atoms with Crippen LogP contribution in [0.2, 0.25) is 5.02 Å². The molecule has 2 heterocycles. The van der Waals surface area contributed by atoms with Gasteiger partial charge in [0.2, 0.25) is 0 Å². The van der Waals surface area contributed by atoms with Crippen LogP contribution in [-0.4, -0.2) is 28.6 Å². The molecule has 5 nitrogen and oxygen atoms in total. The van der Waals surface area contributed by atoms with E-state index < -0.39 is 0 Å². The van der Waals surface area contributed by atoms with Crippen molar-refractivity contribution in [3.63, 3.8) is 0 Å². The van der Waals surface area contributed by atoms with Crippen molar-refractivity contribution in [2.75, 3.05) is 18.5 Å². The van der Waals surface area contributed by atoms with Crippen molar-refractivity contribution in [1.82, 2.24) is 9.47 Å². The SMILES string of the molecule is CCOc1ccc(NC(=O)N2CCn3cccc3[C@H]2c2ccc(Cl)cc2)cc1. The Morgan fingerprint density at radius 2 is 1.86 bits per heavy atom. The topological polar surface area (TPSA) is 46.5 Å². The van der Waals surface area contributed by atoms with Crippen LogP contribution in [0.3, 0.4) is 0 Å². The Labute approximate surface area is 169 Å². The maximum atomic E-state index is 13.1. The van der Waals surface area contributed by atoms with Crippen LogP contribution in [0.25, 0.3) is 0 Å². The summed E-state index contributed by atoms with van der Waals surface area (Å²) in [6.07, 6.45) is 2.06. The van der Waals surface area contributed by atoms with Crippen molar-refractivity contribution in [3.05, 3.63) is 83.1 Å². The van der Waals surface area contributed by atoms with Gasteiger partial charge in [-0.05, 0) is 61.0 Å². The molecule has 0 aliphatic carbocycles. The molecule has 2 aromatic carbocycles. The highest BCUT2D eigenvalue weighted by molar-refractivity contribution is 6.30. The summed E-state index contributed by atoms with van der Waals surface area (Å²) in [5.74, 6) is 0.787. The van der Waals surface area contributed by atoms with Crippen LogP contribution < -0.4 is 10.1 Å². The molecule has 3 aromatic rings. The Balaban J connectivity index is 1.59. The lowest BCUT2D eigenvalue weighted by atomic mass is 10.0. The first kappa shape index (κ1) is 18.4. The number of nitrogens with zero attached hydrogens (tertiary/aromatic N) is 2. The van der Waals surface area contributed by atoms with E-state index in [1.54, 1.807) is 0 Å². The highest BCUT2D eigenvalue weighted by atomic mass is 35.5. The third-order valence-electron chi connectivity index (χ3n) is 4.90. The smallest absolute Gasteiger partial charge is 0.322 e. The van der Waals surface area contributed by atoms with Gasteiger partial charge in [0, 0.05) is 35.7 Å². The Hall–Kier alpha value is -2.92. The number of benzene rings is 2. The predicted molar refractivity (Wildman–Crippen MR) is 111 cm³/mol. The van der Waals surface area contributed by atoms with E-state index in [9.17, 15) is 4.79 Å². The molecule has 0 fully saturated rings. The monoisotopic (exact) mass is 395 g/mol. The number of hydrogen-bond acceptors (Lipinski definition) is 2. The molecule has 4 rings (SSSR count). The van der Waals surface area contributed by atoms with Crippen molar-refractivity contribution in [2.45, 2.75) is 19.5 Å². The number of carbonyl (C=O) groups is 1. The zero-order chi connectivity index (χ0) is 19.5. The molecule has 1 N–H and O–H groups in total. The van der Waals surface area contributed by atoms with E-state index in [0.717, 1.165) is 29.2 Å². The van der Waals surface area contributed by atoms with Gasteiger partial charge in [-0.15, -0.1) is 0 Å². The molecule has 144 valence electrons. The Morgan fingerprint density at radius 1 is 1.11 bits per heavy atom. The normalized spacial score (nSPS) is 15.8. The summed E-state index contributed by atoms with van der Waals surface area (Å²) in [6.45, 7) is 3.95. The van der Waals surface area contributed by atoms with Gasteiger partial charge in [0.15, 0.2) is 0 Å². The average molecular weight is 396 g/mol. The summed E-state index contributed by atoms with van der Waals surface area (Å²) < 4.78 is 7.65. The number of hydrogen-bond donors (Lipinski definition) is 1. The second-order valence-electron chi connectivity index (χ2n) is 6.66.